The fraction of sp³-hybridized carbons (Fsp3) is 0.355. The number of nitrogens with zero attached hydrogens (tertiary/aromatic N) is 2. The van der Waals surface area contributed by atoms with E-state index in [1.807, 2.05) is 55.5 Å². The largest absolute Gasteiger partial charge is 0.494 e. The molecule has 0 spiro atoms. The number of fused-ring (bicyclic) bond motifs is 1. The minimum atomic E-state index is -0.954. The zero-order valence-electron chi connectivity index (χ0n) is 22.5. The van der Waals surface area contributed by atoms with Crippen LogP contribution in [0, 0.1) is 5.92 Å². The molecule has 5 rings (SSSR count). The molecular weight excluding hydrogens is 496 g/mol. The van der Waals surface area contributed by atoms with E-state index < -0.39 is 18.1 Å². The monoisotopic (exact) mass is 530 g/mol. The summed E-state index contributed by atoms with van der Waals surface area (Å²) < 4.78 is 17.2. The molecule has 204 valence electrons. The fourth-order valence-electron chi connectivity index (χ4n) is 5.03. The first-order chi connectivity index (χ1) is 19.1. The van der Waals surface area contributed by atoms with Crippen LogP contribution >= 0.6 is 0 Å². The van der Waals surface area contributed by atoms with Crippen LogP contribution in [0.15, 0.2) is 72.8 Å². The van der Waals surface area contributed by atoms with Crippen molar-refractivity contribution in [1.82, 2.24) is 0 Å². The van der Waals surface area contributed by atoms with Crippen molar-refractivity contribution in [2.45, 2.75) is 45.3 Å². The molecule has 2 saturated heterocycles. The maximum atomic E-state index is 13.9. The zero-order valence-corrected chi connectivity index (χ0v) is 22.5. The number of hydroxylamine groups is 1. The third-order valence-corrected chi connectivity index (χ3v) is 6.98. The average Bonchev–Trinajstić information content (AvgIpc) is 3.48. The van der Waals surface area contributed by atoms with Gasteiger partial charge in [-0.25, -0.2) is 9.96 Å². The third kappa shape index (κ3) is 5.16. The topological polar surface area (TPSA) is 77.5 Å². The Morgan fingerprint density at radius 1 is 0.795 bits per heavy atom. The Kier molecular flexibility index (Phi) is 8.02. The van der Waals surface area contributed by atoms with Crippen LogP contribution in [-0.4, -0.2) is 38.2 Å². The first kappa shape index (κ1) is 26.6. The predicted molar refractivity (Wildman–Crippen MR) is 148 cm³/mol. The Hall–Kier alpha value is -4.04. The van der Waals surface area contributed by atoms with E-state index in [-0.39, 0.29) is 11.8 Å². The van der Waals surface area contributed by atoms with Crippen molar-refractivity contribution in [2.75, 3.05) is 30.3 Å². The number of methoxy groups -OCH3 is 1. The molecule has 39 heavy (non-hydrogen) atoms. The second-order valence-electron chi connectivity index (χ2n) is 9.62. The molecule has 0 aromatic heterocycles. The average molecular weight is 531 g/mol. The maximum Gasteiger partial charge on any atom is 0.266 e. The van der Waals surface area contributed by atoms with Gasteiger partial charge in [0, 0.05) is 0 Å². The van der Waals surface area contributed by atoms with Gasteiger partial charge in [-0.2, -0.15) is 0 Å². The lowest BCUT2D eigenvalue weighted by molar-refractivity contribution is -0.126. The number of unbranched alkanes of at least 4 members (excludes halogenated alkanes) is 1. The Morgan fingerprint density at radius 2 is 1.56 bits per heavy atom. The number of amides is 2. The van der Waals surface area contributed by atoms with Crippen LogP contribution in [0.1, 0.15) is 44.7 Å². The number of carbonyl (C=O) groups is 2. The number of hydrogen-bond donors (Lipinski definition) is 0. The predicted octanol–water partition coefficient (Wildman–Crippen LogP) is 5.71. The van der Waals surface area contributed by atoms with Gasteiger partial charge >= 0.3 is 0 Å². The van der Waals surface area contributed by atoms with Gasteiger partial charge in [0.15, 0.2) is 17.6 Å². The first-order valence-corrected chi connectivity index (χ1v) is 13.5. The Balaban J connectivity index is 1.49. The lowest BCUT2D eigenvalue weighted by Crippen LogP contribution is -2.37. The van der Waals surface area contributed by atoms with Gasteiger partial charge in [0.2, 0.25) is 5.91 Å². The fourth-order valence-corrected chi connectivity index (χ4v) is 5.03. The van der Waals surface area contributed by atoms with Gasteiger partial charge in [-0.1, -0.05) is 44.5 Å². The number of hydrogen-bond acceptors (Lipinski definition) is 7. The molecule has 2 fully saturated rings. The minimum Gasteiger partial charge on any atom is -0.494 e. The summed E-state index contributed by atoms with van der Waals surface area (Å²) in [6.45, 7) is 5.33. The van der Waals surface area contributed by atoms with Crippen molar-refractivity contribution < 1.29 is 28.6 Å². The molecule has 0 aliphatic carbocycles. The highest BCUT2D eigenvalue weighted by Crippen LogP contribution is 2.48. The van der Waals surface area contributed by atoms with Gasteiger partial charge in [0.25, 0.3) is 5.91 Å². The standard InChI is InChI=1S/C31H34N2O6/c1-4-6-19-38-25-17-12-21(20-26(25)36-3)28-27-29(39-33(28)23-10-8-7-9-11-23)31(35)32(30(27)34)22-13-15-24(16-14-22)37-18-5-2/h7-17,20,27-29H,4-6,18-19H2,1-3H3/t27-,28-,29-/m0/s1. The first-order valence-electron chi connectivity index (χ1n) is 13.5. The minimum absolute atomic E-state index is 0.308. The molecule has 8 nitrogen and oxygen atoms in total. The van der Waals surface area contributed by atoms with E-state index in [0.717, 1.165) is 30.5 Å². The molecule has 0 saturated carbocycles. The summed E-state index contributed by atoms with van der Waals surface area (Å²) in [5.41, 5.74) is 2.04. The molecule has 2 amide bonds. The number of carbonyl (C=O) groups excluding carboxylic acids is 2. The highest BCUT2D eigenvalue weighted by molar-refractivity contribution is 6.23. The molecule has 2 heterocycles. The summed E-state index contributed by atoms with van der Waals surface area (Å²) in [7, 11) is 1.59. The summed E-state index contributed by atoms with van der Waals surface area (Å²) in [5.74, 6) is 0.455. The molecule has 0 radical (unpaired) electrons. The molecule has 3 atom stereocenters. The quantitative estimate of drug-likeness (QED) is 0.232. The molecule has 2 aliphatic rings. The third-order valence-electron chi connectivity index (χ3n) is 6.98. The van der Waals surface area contributed by atoms with Crippen LogP contribution in [0.4, 0.5) is 11.4 Å². The van der Waals surface area contributed by atoms with Crippen LogP contribution in [-0.2, 0) is 14.4 Å². The normalized spacial score (nSPS) is 20.3. The molecule has 0 bridgehead atoms. The van der Waals surface area contributed by atoms with Gasteiger partial charge in [0.1, 0.15) is 11.7 Å². The zero-order chi connectivity index (χ0) is 27.4. The smallest absolute Gasteiger partial charge is 0.266 e. The molecular formula is C31H34N2O6. The van der Waals surface area contributed by atoms with Crippen molar-refractivity contribution >= 4 is 23.2 Å². The second kappa shape index (κ2) is 11.8. The van der Waals surface area contributed by atoms with E-state index in [1.165, 1.54) is 4.90 Å². The Labute approximate surface area is 229 Å². The summed E-state index contributed by atoms with van der Waals surface area (Å²) in [6, 6.07) is 21.6. The van der Waals surface area contributed by atoms with Crippen LogP contribution < -0.4 is 24.2 Å². The molecule has 3 aromatic rings. The van der Waals surface area contributed by atoms with E-state index in [1.54, 1.807) is 36.4 Å². The van der Waals surface area contributed by atoms with Gasteiger partial charge in [0.05, 0.1) is 37.7 Å². The van der Waals surface area contributed by atoms with Crippen molar-refractivity contribution in [3.63, 3.8) is 0 Å². The van der Waals surface area contributed by atoms with Gasteiger partial charge in [-0.05, 0) is 66.9 Å². The Bertz CT molecular complexity index is 1300. The van der Waals surface area contributed by atoms with Crippen LogP contribution in [0.25, 0.3) is 0 Å². The van der Waals surface area contributed by atoms with E-state index in [9.17, 15) is 9.59 Å². The van der Waals surface area contributed by atoms with E-state index in [0.29, 0.717) is 36.1 Å². The number of anilines is 2. The lowest BCUT2D eigenvalue weighted by Gasteiger charge is -2.29. The Morgan fingerprint density at radius 3 is 2.26 bits per heavy atom. The molecule has 2 aliphatic heterocycles. The lowest BCUT2D eigenvalue weighted by atomic mass is 9.90. The number of para-hydroxylation sites is 1. The highest BCUT2D eigenvalue weighted by Gasteiger charge is 2.60. The summed E-state index contributed by atoms with van der Waals surface area (Å²) >= 11 is 0. The number of ether oxygens (including phenoxy) is 3. The SMILES string of the molecule is CCCCOc1ccc([C@H]2[C@@H]3C(=O)N(c4ccc(OCCC)cc4)C(=O)[C@H]3ON2c2ccccc2)cc1OC. The van der Waals surface area contributed by atoms with E-state index in [4.69, 9.17) is 19.0 Å². The van der Waals surface area contributed by atoms with E-state index >= 15 is 0 Å². The number of rotatable bonds is 11. The van der Waals surface area contributed by atoms with Crippen LogP contribution in [0.3, 0.4) is 0 Å². The van der Waals surface area contributed by atoms with Crippen molar-refractivity contribution in [3.05, 3.63) is 78.4 Å². The van der Waals surface area contributed by atoms with Crippen molar-refractivity contribution in [3.8, 4) is 17.2 Å². The van der Waals surface area contributed by atoms with Crippen LogP contribution in [0.2, 0.25) is 0 Å². The van der Waals surface area contributed by atoms with Gasteiger partial charge in [-0.3, -0.25) is 14.4 Å². The summed E-state index contributed by atoms with van der Waals surface area (Å²) in [4.78, 5) is 35.0. The maximum absolute atomic E-state index is 13.9. The molecule has 8 heteroatoms. The second-order valence-corrected chi connectivity index (χ2v) is 9.62. The summed E-state index contributed by atoms with van der Waals surface area (Å²) in [5, 5.41) is 1.68. The van der Waals surface area contributed by atoms with Gasteiger partial charge in [-0.15, -0.1) is 0 Å². The van der Waals surface area contributed by atoms with Crippen molar-refractivity contribution in [1.29, 1.82) is 0 Å². The number of imide groups is 1. The molecule has 0 N–H and O–H groups in total. The van der Waals surface area contributed by atoms with Crippen molar-refractivity contribution in [2.24, 2.45) is 5.92 Å². The van der Waals surface area contributed by atoms with Gasteiger partial charge < -0.3 is 14.2 Å². The van der Waals surface area contributed by atoms with E-state index in [2.05, 4.69) is 6.92 Å². The molecule has 0 unspecified atom stereocenters. The highest BCUT2D eigenvalue weighted by atomic mass is 16.7. The summed E-state index contributed by atoms with van der Waals surface area (Å²) in [6.07, 6.45) is 1.90. The number of benzene rings is 3. The molecule has 3 aromatic carbocycles. The van der Waals surface area contributed by atoms with Crippen LogP contribution in [0.5, 0.6) is 17.2 Å².